The monoisotopic (exact) mass is 210 g/mol. The summed E-state index contributed by atoms with van der Waals surface area (Å²) in [7, 11) is 0. The summed E-state index contributed by atoms with van der Waals surface area (Å²) in [5, 5.41) is 0. The highest BCUT2D eigenvalue weighted by atomic mass is 16.7. The van der Waals surface area contributed by atoms with Crippen LogP contribution in [0.5, 0.6) is 0 Å². The molecule has 0 fully saturated rings. The van der Waals surface area contributed by atoms with E-state index in [9.17, 15) is 4.79 Å². The van der Waals surface area contributed by atoms with Gasteiger partial charge in [0.25, 0.3) is 0 Å². The molecule has 0 spiro atoms. The summed E-state index contributed by atoms with van der Waals surface area (Å²) >= 11 is 0. The van der Waals surface area contributed by atoms with Crippen LogP contribution in [0.15, 0.2) is 18.7 Å². The van der Waals surface area contributed by atoms with Gasteiger partial charge in [-0.1, -0.05) is 26.7 Å². The first-order chi connectivity index (χ1) is 7.18. The summed E-state index contributed by atoms with van der Waals surface area (Å²) in [6.07, 6.45) is 8.26. The Morgan fingerprint density at radius 3 is 2.87 bits per heavy atom. The van der Waals surface area contributed by atoms with Gasteiger partial charge >= 0.3 is 5.97 Å². The van der Waals surface area contributed by atoms with Crippen molar-refractivity contribution in [2.45, 2.75) is 39.5 Å². The lowest BCUT2D eigenvalue weighted by Crippen LogP contribution is -2.17. The van der Waals surface area contributed by atoms with E-state index in [1.807, 2.05) is 0 Å². The molecule has 0 aliphatic heterocycles. The van der Waals surface area contributed by atoms with Crippen LogP contribution in [0.25, 0.3) is 0 Å². The molecule has 0 atom stereocenters. The number of hydrogen-bond acceptors (Lipinski definition) is 3. The molecule has 1 heterocycles. The molecule has 0 aromatic carbocycles. The molecular formula is C11H18N2O2. The number of unbranched alkanes of at least 4 members (excludes halogenated alkanes) is 1. The zero-order valence-corrected chi connectivity index (χ0v) is 9.35. The highest BCUT2D eigenvalue weighted by molar-refractivity contribution is 5.69. The first kappa shape index (κ1) is 11.8. The lowest BCUT2D eigenvalue weighted by molar-refractivity contribution is -0.144. The Balaban J connectivity index is 2.09. The standard InChI is InChI=1S/C11H18N2O2/c1-10(2)5-3-4-6-11(14)15-13-8-7-12-9-13/h7-10H,3-6H2,1-2H3. The van der Waals surface area contributed by atoms with Crippen LogP contribution in [-0.4, -0.2) is 15.7 Å². The number of aromatic nitrogens is 2. The van der Waals surface area contributed by atoms with Crippen LogP contribution in [0.2, 0.25) is 0 Å². The summed E-state index contributed by atoms with van der Waals surface area (Å²) in [4.78, 5) is 20.0. The van der Waals surface area contributed by atoms with Gasteiger partial charge in [0.05, 0.1) is 6.20 Å². The van der Waals surface area contributed by atoms with Gasteiger partial charge in [0.1, 0.15) is 6.33 Å². The largest absolute Gasteiger partial charge is 0.336 e. The number of nitrogens with zero attached hydrogens (tertiary/aromatic N) is 2. The Kier molecular flexibility index (Phi) is 4.87. The van der Waals surface area contributed by atoms with Gasteiger partial charge in [-0.05, 0) is 12.3 Å². The van der Waals surface area contributed by atoms with Crippen LogP contribution in [0.4, 0.5) is 0 Å². The maximum atomic E-state index is 11.3. The van der Waals surface area contributed by atoms with E-state index >= 15 is 0 Å². The molecule has 1 aromatic heterocycles. The van der Waals surface area contributed by atoms with Crippen molar-refractivity contribution < 1.29 is 9.63 Å². The molecule has 0 bridgehead atoms. The number of carbonyl (C=O) groups excluding carboxylic acids is 1. The van der Waals surface area contributed by atoms with Gasteiger partial charge < -0.3 is 4.84 Å². The molecule has 0 aliphatic rings. The molecule has 0 radical (unpaired) electrons. The van der Waals surface area contributed by atoms with Gasteiger partial charge in [-0.25, -0.2) is 9.78 Å². The first-order valence-electron chi connectivity index (χ1n) is 5.37. The number of carbonyl (C=O) groups is 1. The third kappa shape index (κ3) is 5.20. The number of hydrogen-bond donors (Lipinski definition) is 0. The Hall–Kier alpha value is -1.32. The minimum atomic E-state index is -0.197. The maximum absolute atomic E-state index is 11.3. The summed E-state index contributed by atoms with van der Waals surface area (Å²) in [5.74, 6) is 0.506. The van der Waals surface area contributed by atoms with Crippen molar-refractivity contribution in [2.75, 3.05) is 0 Å². The minimum absolute atomic E-state index is 0.197. The Bertz CT molecular complexity index is 281. The zero-order chi connectivity index (χ0) is 11.1. The Morgan fingerprint density at radius 1 is 1.47 bits per heavy atom. The van der Waals surface area contributed by atoms with Gasteiger partial charge in [-0.15, -0.1) is 0 Å². The second-order valence-corrected chi connectivity index (χ2v) is 4.03. The van der Waals surface area contributed by atoms with Crippen LogP contribution in [-0.2, 0) is 4.79 Å². The van der Waals surface area contributed by atoms with Gasteiger partial charge in [0.15, 0.2) is 0 Å². The summed E-state index contributed by atoms with van der Waals surface area (Å²) in [6, 6.07) is 0. The minimum Gasteiger partial charge on any atom is -0.336 e. The van der Waals surface area contributed by atoms with Crippen molar-refractivity contribution in [3.63, 3.8) is 0 Å². The highest BCUT2D eigenvalue weighted by Crippen LogP contribution is 2.07. The molecule has 0 saturated carbocycles. The van der Waals surface area contributed by atoms with Gasteiger partial charge in [-0.3, -0.25) is 0 Å². The fraction of sp³-hybridized carbons (Fsp3) is 0.636. The van der Waals surface area contributed by atoms with Crippen LogP contribution in [0.1, 0.15) is 39.5 Å². The topological polar surface area (TPSA) is 44.1 Å². The quantitative estimate of drug-likeness (QED) is 0.675. The SMILES string of the molecule is CC(C)CCCCC(=O)On1ccnc1. The van der Waals surface area contributed by atoms with Crippen molar-refractivity contribution in [1.82, 2.24) is 9.71 Å². The van der Waals surface area contributed by atoms with Crippen molar-refractivity contribution >= 4 is 5.97 Å². The van der Waals surface area contributed by atoms with E-state index < -0.39 is 0 Å². The van der Waals surface area contributed by atoms with E-state index in [2.05, 4.69) is 18.8 Å². The van der Waals surface area contributed by atoms with E-state index in [4.69, 9.17) is 4.84 Å². The average Bonchev–Trinajstić information content (AvgIpc) is 2.64. The molecule has 15 heavy (non-hydrogen) atoms. The van der Waals surface area contributed by atoms with Crippen LogP contribution < -0.4 is 4.84 Å². The number of imidazole rings is 1. The predicted molar refractivity (Wildman–Crippen MR) is 57.1 cm³/mol. The van der Waals surface area contributed by atoms with Crippen LogP contribution in [0, 0.1) is 5.92 Å². The predicted octanol–water partition coefficient (Wildman–Crippen LogP) is 2.05. The third-order valence-electron chi connectivity index (χ3n) is 2.10. The lowest BCUT2D eigenvalue weighted by Gasteiger charge is -2.04. The fourth-order valence-electron chi connectivity index (χ4n) is 1.29. The third-order valence-corrected chi connectivity index (χ3v) is 2.10. The maximum Gasteiger partial charge on any atom is 0.332 e. The Morgan fingerprint density at radius 2 is 2.27 bits per heavy atom. The van der Waals surface area contributed by atoms with E-state index in [0.29, 0.717) is 12.3 Å². The molecule has 0 aliphatic carbocycles. The molecule has 4 heteroatoms. The van der Waals surface area contributed by atoms with Crippen molar-refractivity contribution in [1.29, 1.82) is 0 Å². The van der Waals surface area contributed by atoms with Crippen molar-refractivity contribution in [2.24, 2.45) is 5.92 Å². The molecule has 1 aromatic rings. The fourth-order valence-corrected chi connectivity index (χ4v) is 1.29. The van der Waals surface area contributed by atoms with Crippen molar-refractivity contribution in [3.8, 4) is 0 Å². The van der Waals surface area contributed by atoms with E-state index in [0.717, 1.165) is 12.8 Å². The number of rotatable bonds is 6. The van der Waals surface area contributed by atoms with Crippen LogP contribution >= 0.6 is 0 Å². The first-order valence-corrected chi connectivity index (χ1v) is 5.37. The second-order valence-electron chi connectivity index (χ2n) is 4.03. The molecule has 0 N–H and O–H groups in total. The van der Waals surface area contributed by atoms with E-state index in [-0.39, 0.29) is 5.97 Å². The smallest absolute Gasteiger partial charge is 0.332 e. The normalized spacial score (nSPS) is 10.6. The highest BCUT2D eigenvalue weighted by Gasteiger charge is 2.04. The molecule has 4 nitrogen and oxygen atoms in total. The van der Waals surface area contributed by atoms with Gasteiger partial charge in [0.2, 0.25) is 0 Å². The molecule has 84 valence electrons. The van der Waals surface area contributed by atoms with E-state index in [1.54, 1.807) is 12.4 Å². The lowest BCUT2D eigenvalue weighted by atomic mass is 10.1. The molecule has 0 saturated heterocycles. The van der Waals surface area contributed by atoms with Gasteiger partial charge in [0, 0.05) is 12.6 Å². The molecule has 0 amide bonds. The second kappa shape index (κ2) is 6.22. The summed E-state index contributed by atoms with van der Waals surface area (Å²) in [5.41, 5.74) is 0. The van der Waals surface area contributed by atoms with Crippen molar-refractivity contribution in [3.05, 3.63) is 18.7 Å². The molecule has 1 rings (SSSR count). The molecule has 0 unspecified atom stereocenters. The molecular weight excluding hydrogens is 192 g/mol. The van der Waals surface area contributed by atoms with Crippen LogP contribution in [0.3, 0.4) is 0 Å². The zero-order valence-electron chi connectivity index (χ0n) is 9.35. The summed E-state index contributed by atoms with van der Waals surface area (Å²) in [6.45, 7) is 4.37. The van der Waals surface area contributed by atoms with Gasteiger partial charge in [-0.2, -0.15) is 4.73 Å². The summed E-state index contributed by atoms with van der Waals surface area (Å²) < 4.78 is 1.32. The van der Waals surface area contributed by atoms with E-state index in [1.165, 1.54) is 17.5 Å². The Labute approximate surface area is 90.2 Å². The average molecular weight is 210 g/mol.